The number of nitrogens with zero attached hydrogens (tertiary/aromatic N) is 1. The summed E-state index contributed by atoms with van der Waals surface area (Å²) in [5.74, 6) is 0.945. The van der Waals surface area contributed by atoms with Crippen LogP contribution < -0.4 is 10.1 Å². The van der Waals surface area contributed by atoms with Gasteiger partial charge in [0.25, 0.3) is 0 Å². The molecule has 0 radical (unpaired) electrons. The summed E-state index contributed by atoms with van der Waals surface area (Å²) in [6.45, 7) is 4.94. The smallest absolute Gasteiger partial charge is 0.119 e. The van der Waals surface area contributed by atoms with Crippen LogP contribution in [0, 0.1) is 6.92 Å². The van der Waals surface area contributed by atoms with E-state index in [0.717, 1.165) is 29.5 Å². The van der Waals surface area contributed by atoms with Crippen LogP contribution in [0.1, 0.15) is 48.5 Å². The van der Waals surface area contributed by atoms with Crippen molar-refractivity contribution in [3.8, 4) is 5.75 Å². The van der Waals surface area contributed by atoms with Crippen molar-refractivity contribution in [3.05, 3.63) is 45.9 Å². The highest BCUT2D eigenvalue weighted by Crippen LogP contribution is 2.31. The zero-order valence-electron chi connectivity index (χ0n) is 12.6. The average molecular weight is 302 g/mol. The van der Waals surface area contributed by atoms with Gasteiger partial charge in [0.05, 0.1) is 12.6 Å². The van der Waals surface area contributed by atoms with Gasteiger partial charge in [0.15, 0.2) is 0 Å². The Hall–Kier alpha value is -1.39. The van der Waals surface area contributed by atoms with Crippen LogP contribution in [0.2, 0.25) is 0 Å². The third kappa shape index (κ3) is 3.83. The van der Waals surface area contributed by atoms with E-state index in [4.69, 9.17) is 4.74 Å². The molecule has 2 aromatic rings. The highest BCUT2D eigenvalue weighted by atomic mass is 32.1. The lowest BCUT2D eigenvalue weighted by Gasteiger charge is -2.17. The molecule has 1 unspecified atom stereocenters. The quantitative estimate of drug-likeness (QED) is 0.836. The largest absolute Gasteiger partial charge is 0.494 e. The first kappa shape index (κ1) is 14.5. The van der Waals surface area contributed by atoms with Crippen LogP contribution in [0.3, 0.4) is 0 Å². The van der Waals surface area contributed by atoms with Gasteiger partial charge in [0.1, 0.15) is 10.8 Å². The number of rotatable bonds is 7. The maximum absolute atomic E-state index is 5.66. The van der Waals surface area contributed by atoms with Gasteiger partial charge in [-0.15, -0.1) is 11.3 Å². The zero-order chi connectivity index (χ0) is 14.7. The Labute approximate surface area is 130 Å². The van der Waals surface area contributed by atoms with Gasteiger partial charge in [-0.3, -0.25) is 0 Å². The van der Waals surface area contributed by atoms with E-state index in [1.165, 1.54) is 18.4 Å². The van der Waals surface area contributed by atoms with Crippen LogP contribution in [0.5, 0.6) is 5.75 Å². The molecule has 21 heavy (non-hydrogen) atoms. The van der Waals surface area contributed by atoms with E-state index in [1.807, 2.05) is 0 Å². The molecule has 3 rings (SSSR count). The van der Waals surface area contributed by atoms with E-state index < -0.39 is 0 Å². The Morgan fingerprint density at radius 3 is 2.67 bits per heavy atom. The van der Waals surface area contributed by atoms with Crippen molar-refractivity contribution in [1.82, 2.24) is 10.3 Å². The Morgan fingerprint density at radius 1 is 1.33 bits per heavy atom. The first-order valence-electron chi connectivity index (χ1n) is 7.67. The minimum Gasteiger partial charge on any atom is -0.494 e. The van der Waals surface area contributed by atoms with Crippen LogP contribution >= 0.6 is 11.3 Å². The monoisotopic (exact) mass is 302 g/mol. The highest BCUT2D eigenvalue weighted by molar-refractivity contribution is 7.09. The zero-order valence-corrected chi connectivity index (χ0v) is 13.5. The van der Waals surface area contributed by atoms with Crippen molar-refractivity contribution in [2.45, 2.75) is 45.2 Å². The van der Waals surface area contributed by atoms with Gasteiger partial charge in [-0.2, -0.15) is 0 Å². The summed E-state index contributed by atoms with van der Waals surface area (Å²) in [7, 11) is 0. The predicted octanol–water partition coefficient (Wildman–Crippen LogP) is 4.08. The van der Waals surface area contributed by atoms with Crippen LogP contribution in [-0.2, 0) is 0 Å². The normalized spacial score (nSPS) is 15.9. The number of hydrogen-bond acceptors (Lipinski definition) is 4. The molecule has 1 aliphatic carbocycles. The molecule has 0 bridgehead atoms. The molecule has 1 aliphatic rings. The standard InChI is InChI=1S/C17H22N2OS/c1-3-10-20-15-8-4-13(5-9-15)16(19-14-6-7-14)17-18-12(2)11-21-17/h4-5,8-9,11,14,16,19H,3,6-7,10H2,1-2H3. The lowest BCUT2D eigenvalue weighted by Crippen LogP contribution is -2.24. The van der Waals surface area contributed by atoms with Gasteiger partial charge in [-0.1, -0.05) is 19.1 Å². The number of ether oxygens (including phenoxy) is 1. The van der Waals surface area contributed by atoms with Crippen molar-refractivity contribution in [1.29, 1.82) is 0 Å². The van der Waals surface area contributed by atoms with Gasteiger partial charge in [-0.25, -0.2) is 4.98 Å². The minimum atomic E-state index is 0.205. The SMILES string of the molecule is CCCOc1ccc(C(NC2CC2)c2nc(C)cs2)cc1. The second-order valence-corrected chi connectivity index (χ2v) is 6.51. The van der Waals surface area contributed by atoms with Gasteiger partial charge >= 0.3 is 0 Å². The Balaban J connectivity index is 1.78. The molecule has 1 aromatic carbocycles. The molecule has 0 amide bonds. The molecule has 0 aliphatic heterocycles. The van der Waals surface area contributed by atoms with E-state index in [-0.39, 0.29) is 6.04 Å². The van der Waals surface area contributed by atoms with E-state index in [1.54, 1.807) is 11.3 Å². The third-order valence-corrected chi connectivity index (χ3v) is 4.58. The lowest BCUT2D eigenvalue weighted by atomic mass is 10.1. The lowest BCUT2D eigenvalue weighted by molar-refractivity contribution is 0.317. The molecular formula is C17H22N2OS. The van der Waals surface area contributed by atoms with Crippen molar-refractivity contribution >= 4 is 11.3 Å². The molecule has 0 saturated heterocycles. The first-order valence-corrected chi connectivity index (χ1v) is 8.55. The molecule has 3 nitrogen and oxygen atoms in total. The molecule has 1 atom stereocenters. The molecule has 1 fully saturated rings. The van der Waals surface area contributed by atoms with Crippen LogP contribution in [0.15, 0.2) is 29.6 Å². The summed E-state index contributed by atoms with van der Waals surface area (Å²) in [5, 5.41) is 6.98. The maximum atomic E-state index is 5.66. The summed E-state index contributed by atoms with van der Waals surface area (Å²) in [4.78, 5) is 4.67. The molecule has 4 heteroatoms. The Bertz CT molecular complexity index is 575. The summed E-state index contributed by atoms with van der Waals surface area (Å²) in [6.07, 6.45) is 3.59. The summed E-state index contributed by atoms with van der Waals surface area (Å²) >= 11 is 1.74. The number of aryl methyl sites for hydroxylation is 1. The van der Waals surface area contributed by atoms with Gasteiger partial charge in [0.2, 0.25) is 0 Å². The Morgan fingerprint density at radius 2 is 2.10 bits per heavy atom. The summed E-state index contributed by atoms with van der Waals surface area (Å²) in [6, 6.07) is 9.29. The number of hydrogen-bond donors (Lipinski definition) is 1. The van der Waals surface area contributed by atoms with Crippen molar-refractivity contribution in [2.75, 3.05) is 6.61 Å². The van der Waals surface area contributed by atoms with Crippen LogP contribution in [-0.4, -0.2) is 17.6 Å². The topological polar surface area (TPSA) is 34.1 Å². The van der Waals surface area contributed by atoms with Crippen molar-refractivity contribution in [3.63, 3.8) is 0 Å². The molecule has 112 valence electrons. The minimum absolute atomic E-state index is 0.205. The number of aromatic nitrogens is 1. The van der Waals surface area contributed by atoms with E-state index in [0.29, 0.717) is 6.04 Å². The molecule has 1 heterocycles. The third-order valence-electron chi connectivity index (χ3n) is 3.55. The van der Waals surface area contributed by atoms with Crippen molar-refractivity contribution in [2.24, 2.45) is 0 Å². The fraction of sp³-hybridized carbons (Fsp3) is 0.471. The van der Waals surface area contributed by atoms with Gasteiger partial charge in [-0.05, 0) is 43.9 Å². The average Bonchev–Trinajstić information content (AvgIpc) is 3.23. The maximum Gasteiger partial charge on any atom is 0.119 e. The molecule has 1 aromatic heterocycles. The Kier molecular flexibility index (Phi) is 4.56. The first-order chi connectivity index (χ1) is 10.3. The van der Waals surface area contributed by atoms with Gasteiger partial charge in [0, 0.05) is 17.1 Å². The van der Waals surface area contributed by atoms with Crippen molar-refractivity contribution < 1.29 is 4.74 Å². The second-order valence-electron chi connectivity index (χ2n) is 5.62. The fourth-order valence-corrected chi connectivity index (χ4v) is 3.16. The van der Waals surface area contributed by atoms with E-state index in [2.05, 4.69) is 53.8 Å². The molecular weight excluding hydrogens is 280 g/mol. The van der Waals surface area contributed by atoms with Crippen LogP contribution in [0.4, 0.5) is 0 Å². The predicted molar refractivity (Wildman–Crippen MR) is 87.1 cm³/mol. The van der Waals surface area contributed by atoms with Gasteiger partial charge < -0.3 is 10.1 Å². The fourth-order valence-electron chi connectivity index (χ4n) is 2.28. The second kappa shape index (κ2) is 6.58. The number of nitrogens with one attached hydrogen (secondary N) is 1. The van der Waals surface area contributed by atoms with E-state index in [9.17, 15) is 0 Å². The number of thiazole rings is 1. The molecule has 1 N–H and O–H groups in total. The highest BCUT2D eigenvalue weighted by Gasteiger charge is 2.27. The summed E-state index contributed by atoms with van der Waals surface area (Å²) in [5.41, 5.74) is 2.36. The van der Waals surface area contributed by atoms with E-state index >= 15 is 0 Å². The van der Waals surface area contributed by atoms with Crippen LogP contribution in [0.25, 0.3) is 0 Å². The molecule has 1 saturated carbocycles. The number of benzene rings is 1. The molecule has 0 spiro atoms. The summed E-state index contributed by atoms with van der Waals surface area (Å²) < 4.78 is 5.66.